The van der Waals surface area contributed by atoms with Gasteiger partial charge in [0, 0.05) is 55.9 Å². The number of hydrogen-bond acceptors (Lipinski definition) is 6. The van der Waals surface area contributed by atoms with Gasteiger partial charge in [0.1, 0.15) is 0 Å². The van der Waals surface area contributed by atoms with E-state index in [2.05, 4.69) is 10.2 Å². The molecule has 0 spiro atoms. The van der Waals surface area contributed by atoms with Crippen molar-refractivity contribution in [3.8, 4) is 11.3 Å². The first kappa shape index (κ1) is 24.0. The quantitative estimate of drug-likeness (QED) is 0.507. The number of carbonyl (C=O) groups excluding carboxylic acids is 1. The number of fused-ring (bicyclic) bond motifs is 1. The van der Waals surface area contributed by atoms with Gasteiger partial charge in [-0.25, -0.2) is 8.42 Å². The molecule has 1 saturated heterocycles. The maximum absolute atomic E-state index is 13.3. The van der Waals surface area contributed by atoms with E-state index in [9.17, 15) is 13.2 Å². The number of anilines is 2. The van der Waals surface area contributed by atoms with Gasteiger partial charge >= 0.3 is 0 Å². The predicted molar refractivity (Wildman–Crippen MR) is 137 cm³/mol. The standard InChI is InChI=1S/C24H23Cl2N5O3S/c1-16(32)31-9-8-17-14-19(3-6-23(17)31)35(33,34)30-12-10-29(11-13-30)24-7-5-22(27-28-24)20-4-2-18(25)15-21(20)26/h2-7,14-15H,8-13H2,1H3. The molecule has 0 saturated carbocycles. The van der Waals surface area contributed by atoms with E-state index < -0.39 is 10.0 Å². The van der Waals surface area contributed by atoms with E-state index in [1.165, 1.54) is 11.2 Å². The molecule has 2 aromatic carbocycles. The van der Waals surface area contributed by atoms with Crippen LogP contribution in [0.25, 0.3) is 11.3 Å². The van der Waals surface area contributed by atoms with Gasteiger partial charge in [0.15, 0.2) is 5.82 Å². The van der Waals surface area contributed by atoms with E-state index in [4.69, 9.17) is 23.2 Å². The fraction of sp³-hybridized carbons (Fsp3) is 0.292. The number of sulfonamides is 1. The first-order valence-corrected chi connectivity index (χ1v) is 13.4. The second kappa shape index (κ2) is 9.39. The van der Waals surface area contributed by atoms with Crippen molar-refractivity contribution in [2.75, 3.05) is 42.5 Å². The van der Waals surface area contributed by atoms with Crippen LogP contribution in [0.4, 0.5) is 11.5 Å². The number of piperazine rings is 1. The molecular formula is C24H23Cl2N5O3S. The monoisotopic (exact) mass is 531 g/mol. The zero-order valence-corrected chi connectivity index (χ0v) is 21.3. The second-order valence-corrected chi connectivity index (χ2v) is 11.3. The van der Waals surface area contributed by atoms with Crippen LogP contribution in [-0.4, -0.2) is 61.6 Å². The lowest BCUT2D eigenvalue weighted by molar-refractivity contribution is -0.116. The number of hydrogen-bond donors (Lipinski definition) is 0. The molecule has 8 nitrogen and oxygen atoms in total. The first-order valence-electron chi connectivity index (χ1n) is 11.2. The molecular weight excluding hydrogens is 509 g/mol. The highest BCUT2D eigenvalue weighted by atomic mass is 35.5. The molecule has 1 aromatic heterocycles. The van der Waals surface area contributed by atoms with Crippen LogP contribution in [0.15, 0.2) is 53.4 Å². The Labute approximate surface area is 214 Å². The third-order valence-electron chi connectivity index (χ3n) is 6.38. The van der Waals surface area contributed by atoms with Crippen LogP contribution >= 0.6 is 23.2 Å². The Morgan fingerprint density at radius 3 is 2.34 bits per heavy atom. The van der Waals surface area contributed by atoms with Crippen molar-refractivity contribution in [3.05, 3.63) is 64.1 Å². The molecule has 0 bridgehead atoms. The van der Waals surface area contributed by atoms with Crippen molar-refractivity contribution in [1.29, 1.82) is 0 Å². The Morgan fingerprint density at radius 1 is 0.914 bits per heavy atom. The summed E-state index contributed by atoms with van der Waals surface area (Å²) >= 11 is 12.2. The lowest BCUT2D eigenvalue weighted by Gasteiger charge is -2.34. The Hall–Kier alpha value is -2.72. The Morgan fingerprint density at radius 2 is 1.69 bits per heavy atom. The van der Waals surface area contributed by atoms with Crippen LogP contribution < -0.4 is 9.80 Å². The molecule has 2 aliphatic heterocycles. The highest BCUT2D eigenvalue weighted by Crippen LogP contribution is 2.32. The summed E-state index contributed by atoms with van der Waals surface area (Å²) in [5.74, 6) is 0.639. The fourth-order valence-corrected chi connectivity index (χ4v) is 6.49. The molecule has 182 valence electrons. The number of rotatable bonds is 4. The predicted octanol–water partition coefficient (Wildman–Crippen LogP) is 3.87. The molecule has 5 rings (SSSR count). The van der Waals surface area contributed by atoms with Gasteiger partial charge in [-0.3, -0.25) is 4.79 Å². The van der Waals surface area contributed by atoms with Crippen molar-refractivity contribution in [3.63, 3.8) is 0 Å². The minimum atomic E-state index is -3.64. The van der Waals surface area contributed by atoms with Crippen molar-refractivity contribution >= 4 is 50.6 Å². The summed E-state index contributed by atoms with van der Waals surface area (Å²) in [5.41, 5.74) is 3.06. The van der Waals surface area contributed by atoms with Crippen LogP contribution in [0, 0.1) is 0 Å². The average molecular weight is 532 g/mol. The Kier molecular flexibility index (Phi) is 6.43. The van der Waals surface area contributed by atoms with Gasteiger partial charge in [0.2, 0.25) is 15.9 Å². The van der Waals surface area contributed by atoms with Gasteiger partial charge < -0.3 is 9.80 Å². The summed E-state index contributed by atoms with van der Waals surface area (Å²) < 4.78 is 28.1. The van der Waals surface area contributed by atoms with E-state index in [1.807, 2.05) is 17.0 Å². The highest BCUT2D eigenvalue weighted by molar-refractivity contribution is 7.89. The molecule has 0 radical (unpaired) electrons. The lowest BCUT2D eigenvalue weighted by Crippen LogP contribution is -2.49. The van der Waals surface area contributed by atoms with E-state index in [1.54, 1.807) is 41.3 Å². The lowest BCUT2D eigenvalue weighted by atomic mass is 10.1. The van der Waals surface area contributed by atoms with E-state index in [0.29, 0.717) is 60.7 Å². The van der Waals surface area contributed by atoms with Crippen LogP contribution in [0.5, 0.6) is 0 Å². The SMILES string of the molecule is CC(=O)N1CCc2cc(S(=O)(=O)N3CCN(c4ccc(-c5ccc(Cl)cc5Cl)nn4)CC3)ccc21. The Bertz CT molecular complexity index is 1390. The van der Waals surface area contributed by atoms with E-state index >= 15 is 0 Å². The van der Waals surface area contributed by atoms with E-state index in [-0.39, 0.29) is 10.8 Å². The molecule has 2 aliphatic rings. The fourth-order valence-electron chi connectivity index (χ4n) is 4.51. The summed E-state index contributed by atoms with van der Waals surface area (Å²) in [6, 6.07) is 13.9. The second-order valence-electron chi connectivity index (χ2n) is 8.50. The first-order chi connectivity index (χ1) is 16.7. The molecule has 11 heteroatoms. The number of aromatic nitrogens is 2. The number of amides is 1. The molecule has 0 N–H and O–H groups in total. The summed E-state index contributed by atoms with van der Waals surface area (Å²) in [6.07, 6.45) is 0.655. The molecule has 1 fully saturated rings. The third-order valence-corrected chi connectivity index (χ3v) is 8.83. The topological polar surface area (TPSA) is 86.7 Å². The largest absolute Gasteiger partial charge is 0.352 e. The van der Waals surface area contributed by atoms with Crippen LogP contribution in [0.1, 0.15) is 12.5 Å². The number of nitrogens with zero attached hydrogens (tertiary/aromatic N) is 5. The van der Waals surface area contributed by atoms with Gasteiger partial charge in [0.05, 0.1) is 15.6 Å². The van der Waals surface area contributed by atoms with Gasteiger partial charge in [-0.2, -0.15) is 4.31 Å². The summed E-state index contributed by atoms with van der Waals surface area (Å²) in [6.45, 7) is 3.77. The summed E-state index contributed by atoms with van der Waals surface area (Å²) in [4.78, 5) is 15.7. The molecule has 0 atom stereocenters. The van der Waals surface area contributed by atoms with Crippen LogP contribution in [0.3, 0.4) is 0 Å². The molecule has 0 unspecified atom stereocenters. The normalized spacial score (nSPS) is 16.4. The highest BCUT2D eigenvalue weighted by Gasteiger charge is 2.31. The molecule has 1 amide bonds. The third kappa shape index (κ3) is 4.61. The smallest absolute Gasteiger partial charge is 0.243 e. The molecule has 35 heavy (non-hydrogen) atoms. The zero-order chi connectivity index (χ0) is 24.7. The maximum Gasteiger partial charge on any atom is 0.243 e. The molecule has 3 heterocycles. The van der Waals surface area contributed by atoms with Crippen LogP contribution in [-0.2, 0) is 21.2 Å². The van der Waals surface area contributed by atoms with Gasteiger partial charge in [0.25, 0.3) is 0 Å². The Balaban J connectivity index is 1.27. The van der Waals surface area contributed by atoms with E-state index in [0.717, 1.165) is 16.8 Å². The van der Waals surface area contributed by atoms with Crippen molar-refractivity contribution in [2.45, 2.75) is 18.2 Å². The van der Waals surface area contributed by atoms with Crippen molar-refractivity contribution < 1.29 is 13.2 Å². The van der Waals surface area contributed by atoms with Gasteiger partial charge in [-0.05, 0) is 60.5 Å². The molecule has 0 aliphatic carbocycles. The zero-order valence-electron chi connectivity index (χ0n) is 19.0. The minimum absolute atomic E-state index is 0.0390. The average Bonchev–Trinajstić information content (AvgIpc) is 3.28. The van der Waals surface area contributed by atoms with Crippen molar-refractivity contribution in [2.24, 2.45) is 0 Å². The minimum Gasteiger partial charge on any atom is -0.352 e. The van der Waals surface area contributed by atoms with Crippen LogP contribution in [0.2, 0.25) is 10.0 Å². The number of benzene rings is 2. The van der Waals surface area contributed by atoms with Gasteiger partial charge in [-0.1, -0.05) is 23.2 Å². The van der Waals surface area contributed by atoms with Crippen molar-refractivity contribution in [1.82, 2.24) is 14.5 Å². The van der Waals surface area contributed by atoms with Gasteiger partial charge in [-0.15, -0.1) is 10.2 Å². The summed E-state index contributed by atoms with van der Waals surface area (Å²) in [5, 5.41) is 9.68. The maximum atomic E-state index is 13.3. The number of halogens is 2. The number of carbonyl (C=O) groups is 1. The molecule has 3 aromatic rings. The summed E-state index contributed by atoms with van der Waals surface area (Å²) in [7, 11) is -3.64.